The normalized spacial score (nSPS) is 10.4. The molecule has 0 saturated heterocycles. The Kier molecular flexibility index (Phi) is 6.99. The van der Waals surface area contributed by atoms with Crippen molar-refractivity contribution in [3.63, 3.8) is 0 Å². The Morgan fingerprint density at radius 2 is 1.90 bits per heavy atom. The van der Waals surface area contributed by atoms with E-state index in [-0.39, 0.29) is 6.54 Å². The topological polar surface area (TPSA) is 115 Å². The van der Waals surface area contributed by atoms with Crippen molar-refractivity contribution in [1.29, 1.82) is 0 Å². The lowest BCUT2D eigenvalue weighted by Crippen LogP contribution is -2.32. The molecule has 2 aromatic carbocycles. The van der Waals surface area contributed by atoms with E-state index < -0.39 is 24.4 Å². The Balaban J connectivity index is 1.51. The molecule has 160 valence electrons. The van der Waals surface area contributed by atoms with Gasteiger partial charge in [0.15, 0.2) is 6.61 Å². The van der Waals surface area contributed by atoms with E-state index in [1.54, 1.807) is 30.3 Å². The van der Waals surface area contributed by atoms with Gasteiger partial charge in [0.05, 0.1) is 11.4 Å². The highest BCUT2D eigenvalue weighted by Crippen LogP contribution is 2.23. The Bertz CT molecular complexity index is 1110. The number of hydrogen-bond acceptors (Lipinski definition) is 6. The van der Waals surface area contributed by atoms with E-state index in [9.17, 15) is 14.4 Å². The summed E-state index contributed by atoms with van der Waals surface area (Å²) in [6.07, 6.45) is 2.82. The first-order valence-corrected chi connectivity index (χ1v) is 9.67. The molecule has 0 spiro atoms. The van der Waals surface area contributed by atoms with Crippen molar-refractivity contribution in [2.24, 2.45) is 0 Å². The molecule has 0 radical (unpaired) electrons. The van der Waals surface area contributed by atoms with Crippen LogP contribution in [0.3, 0.4) is 0 Å². The number of ether oxygens (including phenoxy) is 1. The van der Waals surface area contributed by atoms with Gasteiger partial charge in [0.2, 0.25) is 0 Å². The van der Waals surface area contributed by atoms with E-state index >= 15 is 0 Å². The number of halogens is 1. The number of nitrogens with one attached hydrogen (secondary N) is 2. The number of esters is 1. The van der Waals surface area contributed by atoms with E-state index in [2.05, 4.69) is 20.7 Å². The summed E-state index contributed by atoms with van der Waals surface area (Å²) in [6, 6.07) is 10.1. The molecule has 3 aromatic rings. The van der Waals surface area contributed by atoms with E-state index in [4.69, 9.17) is 16.3 Å². The van der Waals surface area contributed by atoms with E-state index in [0.29, 0.717) is 22.0 Å². The first-order chi connectivity index (χ1) is 14.8. The minimum Gasteiger partial charge on any atom is -0.454 e. The number of aromatic nitrogens is 3. The second kappa shape index (κ2) is 9.86. The Labute approximate surface area is 183 Å². The number of benzene rings is 2. The molecule has 0 bridgehead atoms. The molecule has 10 heteroatoms. The van der Waals surface area contributed by atoms with Crippen molar-refractivity contribution in [3.8, 4) is 5.69 Å². The summed E-state index contributed by atoms with van der Waals surface area (Å²) in [4.78, 5) is 40.1. The zero-order valence-corrected chi connectivity index (χ0v) is 17.6. The SMILES string of the molecule is Cc1ccc(C(=O)NCC(=O)OCC(=O)Nc2cc(Cl)ccc2-n2cncn2)cc1C. The third-order valence-electron chi connectivity index (χ3n) is 4.42. The summed E-state index contributed by atoms with van der Waals surface area (Å²) in [7, 11) is 0. The highest BCUT2D eigenvalue weighted by atomic mass is 35.5. The second-order valence-electron chi connectivity index (χ2n) is 6.69. The molecule has 2 amide bonds. The van der Waals surface area contributed by atoms with Crippen LogP contribution in [0.5, 0.6) is 0 Å². The molecule has 0 fully saturated rings. The smallest absolute Gasteiger partial charge is 0.325 e. The number of rotatable bonds is 7. The fourth-order valence-corrected chi connectivity index (χ4v) is 2.83. The van der Waals surface area contributed by atoms with Gasteiger partial charge in [-0.1, -0.05) is 17.7 Å². The first-order valence-electron chi connectivity index (χ1n) is 9.29. The van der Waals surface area contributed by atoms with Crippen LogP contribution in [0.25, 0.3) is 5.69 Å². The molecule has 0 unspecified atom stereocenters. The maximum atomic E-state index is 12.2. The molecule has 0 aliphatic carbocycles. The molecule has 1 aromatic heterocycles. The number of carbonyl (C=O) groups excluding carboxylic acids is 3. The van der Waals surface area contributed by atoms with Crippen LogP contribution < -0.4 is 10.6 Å². The van der Waals surface area contributed by atoms with Crippen LogP contribution in [0.2, 0.25) is 5.02 Å². The van der Waals surface area contributed by atoms with Crippen molar-refractivity contribution >= 4 is 35.1 Å². The number of hydrogen-bond donors (Lipinski definition) is 2. The molecule has 3 rings (SSSR count). The Morgan fingerprint density at radius 3 is 2.61 bits per heavy atom. The first kappa shape index (κ1) is 22.0. The number of aryl methyl sites for hydroxylation is 2. The summed E-state index contributed by atoms with van der Waals surface area (Å²) < 4.78 is 6.39. The van der Waals surface area contributed by atoms with E-state index in [0.717, 1.165) is 11.1 Å². The predicted octanol–water partition coefficient (Wildman–Crippen LogP) is 2.45. The fourth-order valence-electron chi connectivity index (χ4n) is 2.66. The van der Waals surface area contributed by atoms with Gasteiger partial charge in [-0.2, -0.15) is 5.10 Å². The average molecular weight is 442 g/mol. The molecule has 2 N–H and O–H groups in total. The third-order valence-corrected chi connectivity index (χ3v) is 4.66. The van der Waals surface area contributed by atoms with Gasteiger partial charge >= 0.3 is 5.97 Å². The zero-order chi connectivity index (χ0) is 22.4. The highest BCUT2D eigenvalue weighted by molar-refractivity contribution is 6.31. The van der Waals surface area contributed by atoms with Gasteiger partial charge in [-0.15, -0.1) is 0 Å². The number of amides is 2. The third kappa shape index (κ3) is 5.89. The van der Waals surface area contributed by atoms with Crippen LogP contribution in [0, 0.1) is 13.8 Å². The molecule has 0 aliphatic heterocycles. The lowest BCUT2D eigenvalue weighted by molar-refractivity contribution is -0.146. The minimum absolute atomic E-state index is 0.361. The van der Waals surface area contributed by atoms with Gasteiger partial charge in [-0.3, -0.25) is 14.4 Å². The van der Waals surface area contributed by atoms with Gasteiger partial charge in [-0.25, -0.2) is 9.67 Å². The lowest BCUT2D eigenvalue weighted by Gasteiger charge is -2.12. The number of carbonyl (C=O) groups is 3. The minimum atomic E-state index is -0.741. The van der Waals surface area contributed by atoms with Gasteiger partial charge < -0.3 is 15.4 Å². The summed E-state index contributed by atoms with van der Waals surface area (Å²) in [5.41, 5.74) is 3.39. The Morgan fingerprint density at radius 1 is 1.10 bits per heavy atom. The monoisotopic (exact) mass is 441 g/mol. The molecule has 1 heterocycles. The van der Waals surface area contributed by atoms with Crippen LogP contribution in [-0.4, -0.2) is 45.7 Å². The van der Waals surface area contributed by atoms with Gasteiger partial charge in [0.1, 0.15) is 19.2 Å². The molecule has 0 aliphatic rings. The molecular weight excluding hydrogens is 422 g/mol. The maximum absolute atomic E-state index is 12.2. The van der Waals surface area contributed by atoms with E-state index in [1.807, 2.05) is 19.9 Å². The molecule has 0 saturated carbocycles. The van der Waals surface area contributed by atoms with Crippen LogP contribution in [0.1, 0.15) is 21.5 Å². The average Bonchev–Trinajstić information content (AvgIpc) is 3.27. The largest absolute Gasteiger partial charge is 0.454 e. The summed E-state index contributed by atoms with van der Waals surface area (Å²) in [6.45, 7) is 2.95. The summed E-state index contributed by atoms with van der Waals surface area (Å²) in [5, 5.41) is 9.52. The van der Waals surface area contributed by atoms with Crippen molar-refractivity contribution in [2.75, 3.05) is 18.5 Å². The zero-order valence-electron chi connectivity index (χ0n) is 16.9. The quantitative estimate of drug-likeness (QED) is 0.544. The molecule has 31 heavy (non-hydrogen) atoms. The van der Waals surface area contributed by atoms with Crippen molar-refractivity contribution in [1.82, 2.24) is 20.1 Å². The summed E-state index contributed by atoms with van der Waals surface area (Å²) in [5.74, 6) is -1.71. The number of nitrogens with zero attached hydrogens (tertiary/aromatic N) is 3. The fraction of sp³-hybridized carbons (Fsp3) is 0.190. The van der Waals surface area contributed by atoms with Crippen molar-refractivity contribution in [3.05, 3.63) is 70.8 Å². The van der Waals surface area contributed by atoms with Gasteiger partial charge in [0, 0.05) is 10.6 Å². The molecule has 9 nitrogen and oxygen atoms in total. The van der Waals surface area contributed by atoms with Gasteiger partial charge in [-0.05, 0) is 55.3 Å². The van der Waals surface area contributed by atoms with E-state index in [1.165, 1.54) is 17.3 Å². The van der Waals surface area contributed by atoms with Crippen LogP contribution in [-0.2, 0) is 14.3 Å². The standard InChI is InChI=1S/C21H20ClN5O4/c1-13-3-4-15(7-14(13)2)21(30)24-9-20(29)31-10-19(28)26-17-8-16(22)5-6-18(17)27-12-23-11-25-27/h3-8,11-12H,9-10H2,1-2H3,(H,24,30)(H,26,28). The summed E-state index contributed by atoms with van der Waals surface area (Å²) >= 11 is 6.01. The second-order valence-corrected chi connectivity index (χ2v) is 7.13. The molecular formula is C21H20ClN5O4. The predicted molar refractivity (Wildman–Crippen MR) is 114 cm³/mol. The Hall–Kier alpha value is -3.72. The maximum Gasteiger partial charge on any atom is 0.325 e. The number of anilines is 1. The van der Waals surface area contributed by atoms with Crippen molar-refractivity contribution in [2.45, 2.75) is 13.8 Å². The van der Waals surface area contributed by atoms with Crippen LogP contribution in [0.15, 0.2) is 49.1 Å². The molecule has 0 atom stereocenters. The lowest BCUT2D eigenvalue weighted by atomic mass is 10.1. The van der Waals surface area contributed by atoms with Crippen LogP contribution in [0.4, 0.5) is 5.69 Å². The van der Waals surface area contributed by atoms with Gasteiger partial charge in [0.25, 0.3) is 11.8 Å². The van der Waals surface area contributed by atoms with Crippen molar-refractivity contribution < 1.29 is 19.1 Å². The highest BCUT2D eigenvalue weighted by Gasteiger charge is 2.14. The van der Waals surface area contributed by atoms with Crippen LogP contribution >= 0.6 is 11.6 Å².